The summed E-state index contributed by atoms with van der Waals surface area (Å²) in [6.45, 7) is 7.10. The van der Waals surface area contributed by atoms with Gasteiger partial charge in [-0.15, -0.1) is 0 Å². The Labute approximate surface area is 118 Å². The van der Waals surface area contributed by atoms with E-state index in [9.17, 15) is 0 Å². The first kappa shape index (κ1) is 13.8. The Morgan fingerprint density at radius 1 is 1.21 bits per heavy atom. The molecule has 1 spiro atoms. The van der Waals surface area contributed by atoms with Gasteiger partial charge in [-0.05, 0) is 51.6 Å². The second-order valence-corrected chi connectivity index (χ2v) is 6.84. The summed E-state index contributed by atoms with van der Waals surface area (Å²) in [6.07, 6.45) is 11.1. The lowest BCUT2D eigenvalue weighted by Gasteiger charge is -2.28. The second kappa shape index (κ2) is 6.11. The Morgan fingerprint density at radius 2 is 2.05 bits per heavy atom. The average Bonchev–Trinajstić information content (AvgIpc) is 2.96. The van der Waals surface area contributed by atoms with E-state index in [2.05, 4.69) is 17.1 Å². The number of ether oxygens (including phenoxy) is 1. The average molecular weight is 266 g/mol. The molecule has 19 heavy (non-hydrogen) atoms. The van der Waals surface area contributed by atoms with Gasteiger partial charge in [-0.25, -0.2) is 0 Å². The van der Waals surface area contributed by atoms with Gasteiger partial charge in [-0.1, -0.05) is 19.8 Å². The summed E-state index contributed by atoms with van der Waals surface area (Å²) in [5, 5.41) is 3.65. The van der Waals surface area contributed by atoms with Gasteiger partial charge < -0.3 is 10.1 Å². The van der Waals surface area contributed by atoms with Crippen LogP contribution >= 0.6 is 0 Å². The Bertz CT molecular complexity index is 288. The Balaban J connectivity index is 1.50. The Morgan fingerprint density at radius 3 is 2.84 bits per heavy atom. The van der Waals surface area contributed by atoms with Crippen LogP contribution in [0.3, 0.4) is 0 Å². The van der Waals surface area contributed by atoms with E-state index < -0.39 is 0 Å². The summed E-state index contributed by atoms with van der Waals surface area (Å²) in [4.78, 5) is 2.65. The van der Waals surface area contributed by atoms with Crippen molar-refractivity contribution in [3.63, 3.8) is 0 Å². The first-order chi connectivity index (χ1) is 9.30. The van der Waals surface area contributed by atoms with Crippen LogP contribution in [0.1, 0.15) is 58.3 Å². The van der Waals surface area contributed by atoms with Crippen molar-refractivity contribution < 1.29 is 4.74 Å². The van der Waals surface area contributed by atoms with Gasteiger partial charge in [0.05, 0.1) is 11.7 Å². The minimum absolute atomic E-state index is 0.304. The number of hydrogen-bond donors (Lipinski definition) is 1. The van der Waals surface area contributed by atoms with E-state index in [4.69, 9.17) is 4.74 Å². The summed E-state index contributed by atoms with van der Waals surface area (Å²) < 4.78 is 6.46. The molecule has 2 heterocycles. The second-order valence-electron chi connectivity index (χ2n) is 6.84. The molecule has 2 saturated heterocycles. The molecule has 0 aromatic heterocycles. The van der Waals surface area contributed by atoms with Gasteiger partial charge in [0.25, 0.3) is 0 Å². The molecule has 3 rings (SSSR count). The molecule has 2 unspecified atom stereocenters. The minimum Gasteiger partial charge on any atom is -0.370 e. The number of nitrogens with one attached hydrogen (secondary N) is 1. The minimum atomic E-state index is 0.304. The monoisotopic (exact) mass is 266 g/mol. The number of rotatable bonds is 3. The highest BCUT2D eigenvalue weighted by Crippen LogP contribution is 2.43. The van der Waals surface area contributed by atoms with Gasteiger partial charge >= 0.3 is 0 Å². The third-order valence-corrected chi connectivity index (χ3v) is 5.37. The van der Waals surface area contributed by atoms with Gasteiger partial charge in [-0.2, -0.15) is 0 Å². The quantitative estimate of drug-likeness (QED) is 0.849. The topological polar surface area (TPSA) is 24.5 Å². The molecule has 1 N–H and O–H groups in total. The van der Waals surface area contributed by atoms with E-state index in [1.165, 1.54) is 77.5 Å². The molecule has 1 saturated carbocycles. The molecule has 3 heteroatoms. The van der Waals surface area contributed by atoms with Gasteiger partial charge in [-0.3, -0.25) is 4.90 Å². The first-order valence-corrected chi connectivity index (χ1v) is 8.43. The van der Waals surface area contributed by atoms with Crippen LogP contribution < -0.4 is 5.32 Å². The molecule has 3 fully saturated rings. The van der Waals surface area contributed by atoms with E-state index in [-0.39, 0.29) is 0 Å². The molecule has 0 aromatic rings. The fourth-order valence-electron chi connectivity index (χ4n) is 4.21. The van der Waals surface area contributed by atoms with E-state index >= 15 is 0 Å². The molecule has 3 nitrogen and oxygen atoms in total. The van der Waals surface area contributed by atoms with Crippen LogP contribution in [-0.4, -0.2) is 48.8 Å². The molecule has 0 bridgehead atoms. The fraction of sp³-hybridized carbons (Fsp3) is 1.00. The lowest BCUT2D eigenvalue weighted by Crippen LogP contribution is -2.41. The number of hydrogen-bond acceptors (Lipinski definition) is 3. The predicted octanol–water partition coefficient (Wildman–Crippen LogP) is 2.55. The third-order valence-electron chi connectivity index (χ3n) is 5.37. The van der Waals surface area contributed by atoms with Gasteiger partial charge in [0.15, 0.2) is 0 Å². The van der Waals surface area contributed by atoms with Crippen molar-refractivity contribution in [1.29, 1.82) is 0 Å². The molecule has 2 aliphatic heterocycles. The maximum absolute atomic E-state index is 6.46. The lowest BCUT2D eigenvalue weighted by molar-refractivity contribution is -0.0473. The van der Waals surface area contributed by atoms with Crippen molar-refractivity contribution in [2.24, 2.45) is 0 Å². The molecule has 0 amide bonds. The van der Waals surface area contributed by atoms with Gasteiger partial charge in [0, 0.05) is 19.1 Å². The Kier molecular flexibility index (Phi) is 4.45. The van der Waals surface area contributed by atoms with Crippen molar-refractivity contribution >= 4 is 0 Å². The summed E-state index contributed by atoms with van der Waals surface area (Å²) in [6, 6.07) is 0.685. The van der Waals surface area contributed by atoms with E-state index in [0.717, 1.165) is 0 Å². The molecule has 2 atom stereocenters. The van der Waals surface area contributed by atoms with Crippen molar-refractivity contribution in [3.8, 4) is 0 Å². The largest absolute Gasteiger partial charge is 0.370 e. The van der Waals surface area contributed by atoms with E-state index in [0.29, 0.717) is 17.7 Å². The maximum Gasteiger partial charge on any atom is 0.0710 e. The summed E-state index contributed by atoms with van der Waals surface area (Å²) in [5.41, 5.74) is 0.304. The summed E-state index contributed by atoms with van der Waals surface area (Å²) >= 11 is 0. The highest BCUT2D eigenvalue weighted by molar-refractivity contribution is 4.93. The number of nitrogens with zero attached hydrogens (tertiary/aromatic N) is 1. The van der Waals surface area contributed by atoms with Crippen LogP contribution in [0.5, 0.6) is 0 Å². The van der Waals surface area contributed by atoms with Crippen LogP contribution in [0.15, 0.2) is 0 Å². The van der Waals surface area contributed by atoms with Crippen LogP contribution in [0.2, 0.25) is 0 Å². The van der Waals surface area contributed by atoms with Crippen molar-refractivity contribution in [2.75, 3.05) is 26.2 Å². The normalized spacial score (nSPS) is 35.8. The first-order valence-electron chi connectivity index (χ1n) is 8.43. The molecule has 0 radical (unpaired) electrons. The van der Waals surface area contributed by atoms with E-state index in [1.807, 2.05) is 0 Å². The zero-order chi connectivity index (χ0) is 13.1. The van der Waals surface area contributed by atoms with Crippen LogP contribution in [0.25, 0.3) is 0 Å². The summed E-state index contributed by atoms with van der Waals surface area (Å²) in [5.74, 6) is 0. The molecule has 0 aromatic carbocycles. The van der Waals surface area contributed by atoms with Crippen LogP contribution in [0.4, 0.5) is 0 Å². The van der Waals surface area contributed by atoms with E-state index in [1.54, 1.807) is 0 Å². The maximum atomic E-state index is 6.46. The van der Waals surface area contributed by atoms with Crippen molar-refractivity contribution in [3.05, 3.63) is 0 Å². The predicted molar refractivity (Wildman–Crippen MR) is 78.4 cm³/mol. The van der Waals surface area contributed by atoms with Crippen molar-refractivity contribution in [2.45, 2.75) is 76.0 Å². The lowest BCUT2D eigenvalue weighted by atomic mass is 9.98. The highest BCUT2D eigenvalue weighted by atomic mass is 16.5. The Hall–Kier alpha value is -0.120. The molecular formula is C16H30N2O. The fourth-order valence-corrected chi connectivity index (χ4v) is 4.21. The summed E-state index contributed by atoms with van der Waals surface area (Å²) in [7, 11) is 0. The van der Waals surface area contributed by atoms with Gasteiger partial charge in [0.2, 0.25) is 0 Å². The molecule has 3 aliphatic rings. The molecule has 110 valence electrons. The van der Waals surface area contributed by atoms with Crippen molar-refractivity contribution in [1.82, 2.24) is 10.2 Å². The van der Waals surface area contributed by atoms with Crippen LogP contribution in [0, 0.1) is 0 Å². The molecule has 1 aliphatic carbocycles. The smallest absolute Gasteiger partial charge is 0.0710 e. The van der Waals surface area contributed by atoms with Crippen LogP contribution in [-0.2, 0) is 4.74 Å². The standard InChI is InChI=1S/C16H30N2O/c1-2-14-12-18(11-5-10-17-14)13-15-6-9-16(19-15)7-3-4-8-16/h14-15,17H,2-13H2,1H3. The third kappa shape index (κ3) is 3.32. The highest BCUT2D eigenvalue weighted by Gasteiger charge is 2.42. The zero-order valence-electron chi connectivity index (χ0n) is 12.5. The molecular weight excluding hydrogens is 236 g/mol. The zero-order valence-corrected chi connectivity index (χ0v) is 12.5. The van der Waals surface area contributed by atoms with Gasteiger partial charge in [0.1, 0.15) is 0 Å². The SMILES string of the molecule is CCC1CN(CC2CCC3(CCCC3)O2)CCCN1.